The van der Waals surface area contributed by atoms with Gasteiger partial charge in [0.2, 0.25) is 5.91 Å². The van der Waals surface area contributed by atoms with Gasteiger partial charge < -0.3 is 10.6 Å². The summed E-state index contributed by atoms with van der Waals surface area (Å²) in [4.78, 5) is 14.9. The van der Waals surface area contributed by atoms with E-state index in [0.29, 0.717) is 6.54 Å². The van der Waals surface area contributed by atoms with Crippen molar-refractivity contribution in [2.45, 2.75) is 17.1 Å². The van der Waals surface area contributed by atoms with E-state index >= 15 is 0 Å². The summed E-state index contributed by atoms with van der Waals surface area (Å²) in [5, 5.41) is 0.976. The SMILES string of the molecule is CC(=O)N1CC(c2ccc(Cl)cc2)Sc2ccccc21.CN. The molecule has 5 heteroatoms. The van der Waals surface area contributed by atoms with E-state index in [-0.39, 0.29) is 11.2 Å². The Kier molecular flexibility index (Phi) is 5.89. The molecule has 0 saturated heterocycles. The first-order valence-electron chi connectivity index (χ1n) is 7.02. The molecule has 22 heavy (non-hydrogen) atoms. The van der Waals surface area contributed by atoms with Crippen LogP contribution in [0.25, 0.3) is 0 Å². The number of para-hydroxylation sites is 1. The fraction of sp³-hybridized carbons (Fsp3) is 0.235. The zero-order valence-electron chi connectivity index (χ0n) is 12.6. The van der Waals surface area contributed by atoms with Gasteiger partial charge in [0.1, 0.15) is 0 Å². The van der Waals surface area contributed by atoms with E-state index in [1.165, 1.54) is 12.6 Å². The van der Waals surface area contributed by atoms with E-state index in [9.17, 15) is 4.79 Å². The van der Waals surface area contributed by atoms with Crippen LogP contribution in [0.2, 0.25) is 5.02 Å². The number of benzene rings is 2. The van der Waals surface area contributed by atoms with Crippen LogP contribution in [0.3, 0.4) is 0 Å². The Morgan fingerprint density at radius 3 is 2.45 bits per heavy atom. The van der Waals surface area contributed by atoms with Gasteiger partial charge in [-0.15, -0.1) is 11.8 Å². The molecular formula is C17H19ClN2OS. The van der Waals surface area contributed by atoms with Gasteiger partial charge in [-0.2, -0.15) is 0 Å². The van der Waals surface area contributed by atoms with Crippen molar-refractivity contribution in [2.24, 2.45) is 5.73 Å². The zero-order valence-corrected chi connectivity index (χ0v) is 14.2. The fourth-order valence-electron chi connectivity index (χ4n) is 2.38. The van der Waals surface area contributed by atoms with Gasteiger partial charge in [-0.3, -0.25) is 4.79 Å². The number of anilines is 1. The van der Waals surface area contributed by atoms with E-state index in [0.717, 1.165) is 15.6 Å². The lowest BCUT2D eigenvalue weighted by molar-refractivity contribution is -0.116. The Hall–Kier alpha value is -1.49. The normalized spacial score (nSPS) is 16.4. The Bertz CT molecular complexity index is 645. The lowest BCUT2D eigenvalue weighted by Crippen LogP contribution is -2.34. The second kappa shape index (κ2) is 7.68. The monoisotopic (exact) mass is 334 g/mol. The van der Waals surface area contributed by atoms with Crippen molar-refractivity contribution < 1.29 is 4.79 Å². The van der Waals surface area contributed by atoms with Gasteiger partial charge in [-0.1, -0.05) is 35.9 Å². The lowest BCUT2D eigenvalue weighted by atomic mass is 10.1. The van der Waals surface area contributed by atoms with Crippen molar-refractivity contribution in [1.82, 2.24) is 0 Å². The van der Waals surface area contributed by atoms with Crippen LogP contribution in [-0.2, 0) is 4.79 Å². The van der Waals surface area contributed by atoms with Crippen molar-refractivity contribution in [3.63, 3.8) is 0 Å². The first-order chi connectivity index (χ1) is 10.6. The van der Waals surface area contributed by atoms with Gasteiger partial charge in [0.25, 0.3) is 0 Å². The van der Waals surface area contributed by atoms with Crippen LogP contribution in [0.1, 0.15) is 17.7 Å². The Balaban J connectivity index is 0.000000847. The molecule has 0 aromatic heterocycles. The highest BCUT2D eigenvalue weighted by Gasteiger charge is 2.28. The number of carbonyl (C=O) groups is 1. The fourth-order valence-corrected chi connectivity index (χ4v) is 3.79. The van der Waals surface area contributed by atoms with Crippen molar-refractivity contribution in [3.8, 4) is 0 Å². The van der Waals surface area contributed by atoms with Crippen molar-refractivity contribution >= 4 is 35.0 Å². The first kappa shape index (κ1) is 16.9. The largest absolute Gasteiger partial charge is 0.333 e. The molecule has 1 unspecified atom stereocenters. The molecule has 1 aliphatic heterocycles. The summed E-state index contributed by atoms with van der Waals surface area (Å²) in [6, 6.07) is 15.9. The predicted molar refractivity (Wildman–Crippen MR) is 94.6 cm³/mol. The maximum absolute atomic E-state index is 11.9. The molecule has 116 valence electrons. The lowest BCUT2D eigenvalue weighted by Gasteiger charge is -2.33. The van der Waals surface area contributed by atoms with Crippen molar-refractivity contribution in [2.75, 3.05) is 18.5 Å². The number of halogens is 1. The molecule has 0 spiro atoms. The summed E-state index contributed by atoms with van der Waals surface area (Å²) in [7, 11) is 1.50. The van der Waals surface area contributed by atoms with E-state index in [1.807, 2.05) is 47.4 Å². The molecule has 2 aromatic carbocycles. The molecule has 2 N–H and O–H groups in total. The Labute approximate surface area is 140 Å². The third kappa shape index (κ3) is 3.64. The number of nitrogens with two attached hydrogens (primary N) is 1. The van der Waals surface area contributed by atoms with E-state index in [2.05, 4.69) is 11.8 Å². The zero-order chi connectivity index (χ0) is 16.1. The maximum atomic E-state index is 11.9. The van der Waals surface area contributed by atoms with Gasteiger partial charge in [0.15, 0.2) is 0 Å². The Morgan fingerprint density at radius 1 is 1.18 bits per heavy atom. The van der Waals surface area contributed by atoms with Crippen LogP contribution in [0.4, 0.5) is 5.69 Å². The van der Waals surface area contributed by atoms with E-state index < -0.39 is 0 Å². The summed E-state index contributed by atoms with van der Waals surface area (Å²) >= 11 is 7.74. The molecule has 0 aliphatic carbocycles. The van der Waals surface area contributed by atoms with Crippen LogP contribution in [0.5, 0.6) is 0 Å². The van der Waals surface area contributed by atoms with Crippen LogP contribution in [0, 0.1) is 0 Å². The maximum Gasteiger partial charge on any atom is 0.223 e. The van der Waals surface area contributed by atoms with E-state index in [4.69, 9.17) is 11.6 Å². The van der Waals surface area contributed by atoms with Gasteiger partial charge >= 0.3 is 0 Å². The molecule has 1 heterocycles. The molecule has 2 aromatic rings. The number of rotatable bonds is 1. The van der Waals surface area contributed by atoms with Crippen LogP contribution < -0.4 is 10.6 Å². The highest BCUT2D eigenvalue weighted by atomic mass is 35.5. The number of hydrogen-bond acceptors (Lipinski definition) is 3. The average Bonchev–Trinajstić information content (AvgIpc) is 2.56. The second-order valence-corrected chi connectivity index (χ2v) is 6.44. The van der Waals surface area contributed by atoms with Gasteiger partial charge in [-0.25, -0.2) is 0 Å². The predicted octanol–water partition coefficient (Wildman–Crippen LogP) is 4.11. The second-order valence-electron chi connectivity index (χ2n) is 4.76. The standard InChI is InChI=1S/C16H14ClNOS.CH5N/c1-11(19)18-10-16(12-6-8-13(17)9-7-12)20-15-5-3-2-4-14(15)18;1-2/h2-9,16H,10H2,1H3;2H2,1H3. The molecule has 0 fully saturated rings. The minimum Gasteiger partial charge on any atom is -0.333 e. The minimum absolute atomic E-state index is 0.0803. The molecule has 1 atom stereocenters. The highest BCUT2D eigenvalue weighted by molar-refractivity contribution is 7.99. The number of carbonyl (C=O) groups excluding carboxylic acids is 1. The van der Waals surface area contributed by atoms with Gasteiger partial charge in [-0.05, 0) is 36.9 Å². The van der Waals surface area contributed by atoms with E-state index in [1.54, 1.807) is 18.7 Å². The summed E-state index contributed by atoms with van der Waals surface area (Å²) in [5.41, 5.74) is 6.70. The molecule has 3 nitrogen and oxygen atoms in total. The number of amides is 1. The molecule has 0 radical (unpaired) electrons. The molecule has 3 rings (SSSR count). The number of thioether (sulfide) groups is 1. The summed E-state index contributed by atoms with van der Waals surface area (Å²) in [6.45, 7) is 2.31. The quantitative estimate of drug-likeness (QED) is 0.853. The summed E-state index contributed by atoms with van der Waals surface area (Å²) in [6.07, 6.45) is 0. The highest BCUT2D eigenvalue weighted by Crippen LogP contribution is 2.45. The summed E-state index contributed by atoms with van der Waals surface area (Å²) < 4.78 is 0. The third-order valence-electron chi connectivity index (χ3n) is 3.40. The minimum atomic E-state index is 0.0803. The van der Waals surface area contributed by atoms with Gasteiger partial charge in [0, 0.05) is 23.4 Å². The van der Waals surface area contributed by atoms with Crippen LogP contribution in [0.15, 0.2) is 53.4 Å². The molecular weight excluding hydrogens is 316 g/mol. The smallest absolute Gasteiger partial charge is 0.223 e. The summed E-state index contributed by atoms with van der Waals surface area (Å²) in [5.74, 6) is 0.0803. The number of nitrogens with zero attached hydrogens (tertiary/aromatic N) is 1. The van der Waals surface area contributed by atoms with Gasteiger partial charge in [0.05, 0.1) is 10.9 Å². The number of fused-ring (bicyclic) bond motifs is 1. The van der Waals surface area contributed by atoms with Crippen LogP contribution >= 0.6 is 23.4 Å². The molecule has 0 bridgehead atoms. The number of hydrogen-bond donors (Lipinski definition) is 1. The topological polar surface area (TPSA) is 46.3 Å². The van der Waals surface area contributed by atoms with Crippen LogP contribution in [-0.4, -0.2) is 19.5 Å². The van der Waals surface area contributed by atoms with Crippen molar-refractivity contribution in [3.05, 3.63) is 59.1 Å². The average molecular weight is 335 g/mol. The molecule has 0 saturated carbocycles. The van der Waals surface area contributed by atoms with Crippen molar-refractivity contribution in [1.29, 1.82) is 0 Å². The molecule has 1 amide bonds. The first-order valence-corrected chi connectivity index (χ1v) is 8.28. The Morgan fingerprint density at radius 2 is 1.82 bits per heavy atom. The molecule has 1 aliphatic rings. The third-order valence-corrected chi connectivity index (χ3v) is 4.95.